The highest BCUT2D eigenvalue weighted by atomic mass is 16.2. The van der Waals surface area contributed by atoms with Gasteiger partial charge in [0.15, 0.2) is 0 Å². The van der Waals surface area contributed by atoms with Gasteiger partial charge < -0.3 is 15.5 Å². The van der Waals surface area contributed by atoms with Gasteiger partial charge in [0.05, 0.1) is 6.07 Å². The normalized spacial score (nSPS) is 21.3. The lowest BCUT2D eigenvalue weighted by molar-refractivity contribution is -0.123. The average Bonchev–Trinajstić information content (AvgIpc) is 3.52. The molecule has 2 aromatic rings. The Morgan fingerprint density at radius 2 is 2.14 bits per heavy atom. The predicted octanol–water partition coefficient (Wildman–Crippen LogP) is 2.24. The summed E-state index contributed by atoms with van der Waals surface area (Å²) in [5.41, 5.74) is 0.115. The molecule has 0 bridgehead atoms. The molecule has 1 saturated heterocycles. The summed E-state index contributed by atoms with van der Waals surface area (Å²) in [6, 6.07) is 10.9. The molecule has 2 fully saturated rings. The summed E-state index contributed by atoms with van der Waals surface area (Å²) in [5, 5.41) is 15.2. The number of anilines is 3. The number of carbonyl (C=O) groups is 2. The molecule has 1 atom stereocenters. The maximum Gasteiger partial charge on any atom is 0.269 e. The number of amides is 2. The fourth-order valence-electron chi connectivity index (χ4n) is 3.68. The molecule has 8 nitrogen and oxygen atoms in total. The van der Waals surface area contributed by atoms with E-state index in [9.17, 15) is 14.9 Å². The van der Waals surface area contributed by atoms with Crippen LogP contribution in [0.15, 0.2) is 36.5 Å². The van der Waals surface area contributed by atoms with Crippen LogP contribution in [0.1, 0.15) is 29.8 Å². The molecule has 0 aromatic carbocycles. The average molecular weight is 376 g/mol. The summed E-state index contributed by atoms with van der Waals surface area (Å²) >= 11 is 0. The van der Waals surface area contributed by atoms with E-state index in [1.54, 1.807) is 48.5 Å². The number of nitriles is 1. The lowest BCUT2D eigenvalue weighted by Gasteiger charge is -2.21. The van der Waals surface area contributed by atoms with Crippen molar-refractivity contribution >= 4 is 29.1 Å². The first-order valence-corrected chi connectivity index (χ1v) is 9.23. The van der Waals surface area contributed by atoms with Crippen LogP contribution in [0.3, 0.4) is 0 Å². The van der Waals surface area contributed by atoms with Gasteiger partial charge in [-0.1, -0.05) is 6.07 Å². The van der Waals surface area contributed by atoms with E-state index < -0.39 is 5.41 Å². The van der Waals surface area contributed by atoms with Gasteiger partial charge in [-0.25, -0.2) is 9.97 Å². The largest absolute Gasteiger partial charge is 0.354 e. The highest BCUT2D eigenvalue weighted by molar-refractivity contribution is 6.02. The summed E-state index contributed by atoms with van der Waals surface area (Å²) in [6.07, 6.45) is 4.07. The van der Waals surface area contributed by atoms with Gasteiger partial charge in [-0.05, 0) is 43.4 Å². The van der Waals surface area contributed by atoms with Gasteiger partial charge in [0, 0.05) is 31.5 Å². The van der Waals surface area contributed by atoms with E-state index in [4.69, 9.17) is 0 Å². The Bertz CT molecular complexity index is 981. The van der Waals surface area contributed by atoms with E-state index in [1.165, 1.54) is 0 Å². The fourth-order valence-corrected chi connectivity index (χ4v) is 3.68. The SMILES string of the molecule is CNC(=O)c1cccc(Nc2cc(N3CC[C@@](C#N)(C4CC4)C3=O)ccn2)n1. The molecule has 0 radical (unpaired) electrons. The first-order chi connectivity index (χ1) is 13.6. The molecule has 2 aliphatic rings. The third kappa shape index (κ3) is 3.05. The lowest BCUT2D eigenvalue weighted by Crippen LogP contribution is -2.35. The Hall–Kier alpha value is -3.47. The van der Waals surface area contributed by atoms with E-state index in [0.717, 1.165) is 12.8 Å². The monoisotopic (exact) mass is 376 g/mol. The Balaban J connectivity index is 1.55. The Morgan fingerprint density at radius 3 is 2.86 bits per heavy atom. The second-order valence-corrected chi connectivity index (χ2v) is 7.08. The minimum atomic E-state index is -0.875. The van der Waals surface area contributed by atoms with Crippen molar-refractivity contribution in [3.8, 4) is 6.07 Å². The van der Waals surface area contributed by atoms with Crippen molar-refractivity contribution in [3.63, 3.8) is 0 Å². The van der Waals surface area contributed by atoms with Gasteiger partial charge in [0.2, 0.25) is 5.91 Å². The summed E-state index contributed by atoms with van der Waals surface area (Å²) in [6.45, 7) is 0.525. The standard InChI is InChI=1S/C20H20N6O2/c1-22-18(27)15-3-2-4-16(24-15)25-17-11-14(7-9-23-17)26-10-8-20(12-21,19(26)28)13-5-6-13/h2-4,7,9,11,13H,5-6,8,10H2,1H3,(H,22,27)(H,23,24,25)/t20-/m1/s1. The number of nitrogens with zero attached hydrogens (tertiary/aromatic N) is 4. The van der Waals surface area contributed by atoms with E-state index >= 15 is 0 Å². The molecule has 28 heavy (non-hydrogen) atoms. The highest BCUT2D eigenvalue weighted by Gasteiger charge is 2.56. The molecule has 2 N–H and O–H groups in total. The molecular weight excluding hydrogens is 356 g/mol. The molecule has 0 spiro atoms. The minimum Gasteiger partial charge on any atom is -0.354 e. The maximum atomic E-state index is 13.0. The molecule has 8 heteroatoms. The third-order valence-electron chi connectivity index (χ3n) is 5.35. The van der Waals surface area contributed by atoms with Gasteiger partial charge in [0.25, 0.3) is 5.91 Å². The molecular formula is C20H20N6O2. The van der Waals surface area contributed by atoms with Gasteiger partial charge >= 0.3 is 0 Å². The molecule has 2 aromatic heterocycles. The molecule has 0 unspecified atom stereocenters. The van der Waals surface area contributed by atoms with E-state index in [0.29, 0.717) is 36.0 Å². The van der Waals surface area contributed by atoms with Crippen LogP contribution < -0.4 is 15.5 Å². The number of aromatic nitrogens is 2. The van der Waals surface area contributed by atoms with Gasteiger partial charge in [-0.15, -0.1) is 0 Å². The predicted molar refractivity (Wildman–Crippen MR) is 103 cm³/mol. The van der Waals surface area contributed by atoms with Crippen molar-refractivity contribution in [3.05, 3.63) is 42.2 Å². The van der Waals surface area contributed by atoms with Crippen molar-refractivity contribution in [2.45, 2.75) is 19.3 Å². The Labute approximate surface area is 162 Å². The van der Waals surface area contributed by atoms with Crippen LogP contribution in [0.5, 0.6) is 0 Å². The quantitative estimate of drug-likeness (QED) is 0.828. The maximum absolute atomic E-state index is 13.0. The van der Waals surface area contributed by atoms with E-state index in [2.05, 4.69) is 26.7 Å². The molecule has 1 saturated carbocycles. The summed E-state index contributed by atoms with van der Waals surface area (Å²) < 4.78 is 0. The number of carbonyl (C=O) groups excluding carboxylic acids is 2. The smallest absolute Gasteiger partial charge is 0.269 e. The first-order valence-electron chi connectivity index (χ1n) is 9.23. The fraction of sp³-hybridized carbons (Fsp3) is 0.350. The van der Waals surface area contributed by atoms with Crippen LogP contribution in [0.2, 0.25) is 0 Å². The van der Waals surface area contributed by atoms with Crippen LogP contribution in [0.4, 0.5) is 17.3 Å². The number of pyridine rings is 2. The lowest BCUT2D eigenvalue weighted by atomic mass is 9.83. The number of hydrogen-bond acceptors (Lipinski definition) is 6. The first kappa shape index (κ1) is 17.9. The van der Waals surface area contributed by atoms with Gasteiger partial charge in [0.1, 0.15) is 22.7 Å². The van der Waals surface area contributed by atoms with Crippen LogP contribution in [0.25, 0.3) is 0 Å². The zero-order chi connectivity index (χ0) is 19.7. The van der Waals surface area contributed by atoms with Crippen molar-refractivity contribution in [1.29, 1.82) is 5.26 Å². The Morgan fingerprint density at radius 1 is 1.32 bits per heavy atom. The number of hydrogen-bond donors (Lipinski definition) is 2. The van der Waals surface area contributed by atoms with Crippen LogP contribution in [-0.2, 0) is 4.79 Å². The van der Waals surface area contributed by atoms with Crippen molar-refractivity contribution < 1.29 is 9.59 Å². The highest BCUT2D eigenvalue weighted by Crippen LogP contribution is 2.51. The van der Waals surface area contributed by atoms with Gasteiger partial charge in [-0.3, -0.25) is 9.59 Å². The van der Waals surface area contributed by atoms with E-state index in [-0.39, 0.29) is 17.7 Å². The Kier molecular flexibility index (Phi) is 4.43. The second kappa shape index (κ2) is 6.93. The molecule has 4 rings (SSSR count). The third-order valence-corrected chi connectivity index (χ3v) is 5.35. The number of nitrogens with one attached hydrogen (secondary N) is 2. The molecule has 1 aliphatic heterocycles. The minimum absolute atomic E-state index is 0.116. The van der Waals surface area contributed by atoms with Crippen molar-refractivity contribution in [2.75, 3.05) is 23.8 Å². The molecule has 2 amide bonds. The number of rotatable bonds is 5. The van der Waals surface area contributed by atoms with Crippen LogP contribution in [-0.4, -0.2) is 35.4 Å². The summed E-state index contributed by atoms with van der Waals surface area (Å²) in [5.74, 6) is 0.775. The summed E-state index contributed by atoms with van der Waals surface area (Å²) in [7, 11) is 1.55. The van der Waals surface area contributed by atoms with E-state index in [1.807, 2.05) is 0 Å². The topological polar surface area (TPSA) is 111 Å². The zero-order valence-corrected chi connectivity index (χ0v) is 15.5. The van der Waals surface area contributed by atoms with Gasteiger partial charge in [-0.2, -0.15) is 5.26 Å². The zero-order valence-electron chi connectivity index (χ0n) is 15.5. The molecule has 3 heterocycles. The van der Waals surface area contributed by atoms with Crippen molar-refractivity contribution in [2.24, 2.45) is 11.3 Å². The molecule has 142 valence electrons. The second-order valence-electron chi connectivity index (χ2n) is 7.08. The molecule has 1 aliphatic carbocycles. The van der Waals surface area contributed by atoms with Crippen LogP contribution in [0, 0.1) is 22.7 Å². The van der Waals surface area contributed by atoms with Crippen molar-refractivity contribution in [1.82, 2.24) is 15.3 Å². The summed E-state index contributed by atoms with van der Waals surface area (Å²) in [4.78, 5) is 34.9. The van der Waals surface area contributed by atoms with Crippen LogP contribution >= 0.6 is 0 Å².